The summed E-state index contributed by atoms with van der Waals surface area (Å²) in [6.07, 6.45) is 0.748. The number of benzene rings is 1. The number of amides is 1. The van der Waals surface area contributed by atoms with Crippen LogP contribution in [0.15, 0.2) is 18.2 Å². The van der Waals surface area contributed by atoms with Crippen LogP contribution < -0.4 is 5.32 Å². The Morgan fingerprint density at radius 3 is 2.52 bits per heavy atom. The summed E-state index contributed by atoms with van der Waals surface area (Å²) >= 11 is 11.8. The van der Waals surface area contributed by atoms with Crippen molar-refractivity contribution in [3.05, 3.63) is 33.8 Å². The van der Waals surface area contributed by atoms with Crippen LogP contribution in [0.5, 0.6) is 0 Å². The van der Waals surface area contributed by atoms with Gasteiger partial charge in [-0.1, -0.05) is 29.3 Å². The van der Waals surface area contributed by atoms with Crippen LogP contribution >= 0.6 is 23.2 Å². The molecule has 0 spiro atoms. The zero-order valence-corrected chi connectivity index (χ0v) is 13.3. The summed E-state index contributed by atoms with van der Waals surface area (Å²) in [7, 11) is 0. The Bertz CT molecular complexity index is 576. The second kappa shape index (κ2) is 6.24. The fourth-order valence-corrected chi connectivity index (χ4v) is 2.57. The molecule has 4 atom stereocenters. The molecule has 2 rings (SSSR count). The summed E-state index contributed by atoms with van der Waals surface area (Å²) in [5.74, 6) is -1.62. The second-order valence-corrected chi connectivity index (χ2v) is 6.36. The van der Waals surface area contributed by atoms with Crippen molar-refractivity contribution < 1.29 is 14.7 Å². The lowest BCUT2D eigenvalue weighted by molar-refractivity contribution is -0.142. The second-order valence-electron chi connectivity index (χ2n) is 5.55. The molecule has 1 fully saturated rings. The third kappa shape index (κ3) is 3.69. The van der Waals surface area contributed by atoms with Gasteiger partial charge in [0.2, 0.25) is 5.91 Å². The molecule has 114 valence electrons. The molecule has 0 radical (unpaired) electrons. The highest BCUT2D eigenvalue weighted by molar-refractivity contribution is 6.42. The van der Waals surface area contributed by atoms with Crippen molar-refractivity contribution in [2.75, 3.05) is 0 Å². The number of carbonyl (C=O) groups excluding carboxylic acids is 1. The Kier molecular flexibility index (Phi) is 4.79. The minimum atomic E-state index is -0.917. The van der Waals surface area contributed by atoms with Crippen molar-refractivity contribution in [3.63, 3.8) is 0 Å². The third-order valence-corrected chi connectivity index (χ3v) is 4.75. The number of hydrogen-bond acceptors (Lipinski definition) is 2. The van der Waals surface area contributed by atoms with Crippen LogP contribution in [0.2, 0.25) is 10.0 Å². The molecule has 0 aliphatic heterocycles. The van der Waals surface area contributed by atoms with Crippen LogP contribution in [0.3, 0.4) is 0 Å². The molecule has 21 heavy (non-hydrogen) atoms. The molecule has 1 aliphatic rings. The van der Waals surface area contributed by atoms with E-state index in [0.717, 1.165) is 12.0 Å². The first-order valence-electron chi connectivity index (χ1n) is 6.79. The smallest absolute Gasteiger partial charge is 0.308 e. The Balaban J connectivity index is 1.95. The summed E-state index contributed by atoms with van der Waals surface area (Å²) in [5.41, 5.74) is 0.989. The predicted molar refractivity (Wildman–Crippen MR) is 81.7 cm³/mol. The fraction of sp³-hybridized carbons (Fsp3) is 0.467. The van der Waals surface area contributed by atoms with Gasteiger partial charge in [-0.3, -0.25) is 9.59 Å². The maximum absolute atomic E-state index is 12.1. The molecule has 0 aromatic heterocycles. The minimum Gasteiger partial charge on any atom is -0.481 e. The van der Waals surface area contributed by atoms with E-state index in [2.05, 4.69) is 5.32 Å². The summed E-state index contributed by atoms with van der Waals surface area (Å²) in [6.45, 7) is 3.28. The number of rotatable bonds is 5. The van der Waals surface area contributed by atoms with Crippen molar-refractivity contribution >= 4 is 35.1 Å². The minimum absolute atomic E-state index is 0.105. The van der Waals surface area contributed by atoms with Gasteiger partial charge >= 0.3 is 5.97 Å². The van der Waals surface area contributed by atoms with Gasteiger partial charge in [0.05, 0.1) is 16.0 Å². The number of aliphatic carboxylic acids is 1. The molecule has 0 saturated heterocycles. The Morgan fingerprint density at radius 2 is 1.95 bits per heavy atom. The average Bonchev–Trinajstić information content (AvgIpc) is 3.21. The highest BCUT2D eigenvalue weighted by Crippen LogP contribution is 2.48. The van der Waals surface area contributed by atoms with Gasteiger partial charge in [0.15, 0.2) is 0 Å². The van der Waals surface area contributed by atoms with Crippen LogP contribution in [0.4, 0.5) is 0 Å². The van der Waals surface area contributed by atoms with E-state index < -0.39 is 17.9 Å². The van der Waals surface area contributed by atoms with E-state index in [4.69, 9.17) is 28.3 Å². The largest absolute Gasteiger partial charge is 0.481 e. The monoisotopic (exact) mass is 329 g/mol. The first kappa shape index (κ1) is 16.1. The van der Waals surface area contributed by atoms with E-state index in [-0.39, 0.29) is 17.7 Å². The van der Waals surface area contributed by atoms with Gasteiger partial charge in [-0.2, -0.15) is 0 Å². The summed E-state index contributed by atoms with van der Waals surface area (Å²) in [6, 6.07) is 4.98. The Hall–Kier alpha value is -1.26. The quantitative estimate of drug-likeness (QED) is 0.870. The number of hydrogen-bond donors (Lipinski definition) is 2. The lowest BCUT2D eigenvalue weighted by Crippen LogP contribution is -2.40. The van der Waals surface area contributed by atoms with Crippen LogP contribution in [0.25, 0.3) is 0 Å². The van der Waals surface area contributed by atoms with Crippen LogP contribution in [-0.2, 0) is 9.59 Å². The zero-order valence-electron chi connectivity index (χ0n) is 11.8. The molecule has 0 heterocycles. The first-order valence-corrected chi connectivity index (χ1v) is 7.55. The standard InChI is InChI=1S/C15H17Cl2NO3/c1-7(15(20)21)8(2)18-14(19)11-6-10(11)9-3-4-12(16)13(17)5-9/h3-5,7-8,10-11H,6H2,1-2H3,(H,18,19)(H,20,21). The molecular weight excluding hydrogens is 313 g/mol. The maximum atomic E-state index is 12.1. The topological polar surface area (TPSA) is 66.4 Å². The van der Waals surface area contributed by atoms with Gasteiger partial charge in [-0.05, 0) is 43.9 Å². The van der Waals surface area contributed by atoms with Crippen molar-refractivity contribution in [2.24, 2.45) is 11.8 Å². The van der Waals surface area contributed by atoms with Gasteiger partial charge in [0.25, 0.3) is 0 Å². The molecule has 2 N–H and O–H groups in total. The van der Waals surface area contributed by atoms with Gasteiger partial charge in [0.1, 0.15) is 0 Å². The maximum Gasteiger partial charge on any atom is 0.308 e. The Labute approximate surface area is 133 Å². The van der Waals surface area contributed by atoms with E-state index in [1.165, 1.54) is 0 Å². The van der Waals surface area contributed by atoms with E-state index in [1.807, 2.05) is 6.07 Å². The molecule has 1 aromatic carbocycles. The Morgan fingerprint density at radius 1 is 1.29 bits per heavy atom. The molecule has 1 saturated carbocycles. The van der Waals surface area contributed by atoms with E-state index in [9.17, 15) is 9.59 Å². The molecule has 1 aliphatic carbocycles. The van der Waals surface area contributed by atoms with Gasteiger partial charge in [-0.15, -0.1) is 0 Å². The average molecular weight is 330 g/mol. The summed E-state index contributed by atoms with van der Waals surface area (Å²) < 4.78 is 0. The first-order chi connectivity index (χ1) is 9.81. The highest BCUT2D eigenvalue weighted by Gasteiger charge is 2.44. The summed E-state index contributed by atoms with van der Waals surface area (Å²) in [4.78, 5) is 23.0. The highest BCUT2D eigenvalue weighted by atomic mass is 35.5. The number of carbonyl (C=O) groups is 2. The number of carboxylic acids is 1. The van der Waals surface area contributed by atoms with E-state index in [1.54, 1.807) is 26.0 Å². The van der Waals surface area contributed by atoms with Crippen molar-refractivity contribution in [2.45, 2.75) is 32.2 Å². The summed E-state index contributed by atoms with van der Waals surface area (Å²) in [5, 5.41) is 12.7. The van der Waals surface area contributed by atoms with Crippen LogP contribution in [0, 0.1) is 11.8 Å². The van der Waals surface area contributed by atoms with Crippen molar-refractivity contribution in [3.8, 4) is 0 Å². The van der Waals surface area contributed by atoms with Crippen LogP contribution in [0.1, 0.15) is 31.7 Å². The predicted octanol–water partition coefficient (Wildman–Crippen LogP) is 3.32. The van der Waals surface area contributed by atoms with E-state index >= 15 is 0 Å². The van der Waals surface area contributed by atoms with Gasteiger partial charge in [0, 0.05) is 12.0 Å². The molecule has 6 heteroatoms. The van der Waals surface area contributed by atoms with Gasteiger partial charge < -0.3 is 10.4 Å². The number of halogens is 2. The third-order valence-electron chi connectivity index (χ3n) is 4.01. The lowest BCUT2D eigenvalue weighted by atomic mass is 10.0. The fourth-order valence-electron chi connectivity index (χ4n) is 2.27. The van der Waals surface area contributed by atoms with E-state index in [0.29, 0.717) is 10.0 Å². The SMILES string of the molecule is CC(NC(=O)C1CC1c1ccc(Cl)c(Cl)c1)C(C)C(=O)O. The molecule has 1 amide bonds. The molecule has 4 nitrogen and oxygen atoms in total. The lowest BCUT2D eigenvalue weighted by Gasteiger charge is -2.17. The van der Waals surface area contributed by atoms with Gasteiger partial charge in [-0.25, -0.2) is 0 Å². The molecule has 0 bridgehead atoms. The number of nitrogens with one attached hydrogen (secondary N) is 1. The molecular formula is C15H17Cl2NO3. The number of carboxylic acid groups (broad SMARTS) is 1. The van der Waals surface area contributed by atoms with Crippen molar-refractivity contribution in [1.29, 1.82) is 0 Å². The van der Waals surface area contributed by atoms with Crippen molar-refractivity contribution in [1.82, 2.24) is 5.32 Å². The molecule has 1 aromatic rings. The van der Waals surface area contributed by atoms with Crippen LogP contribution in [-0.4, -0.2) is 23.0 Å². The zero-order chi connectivity index (χ0) is 15.7. The normalized spacial score (nSPS) is 23.2. The molecule has 4 unspecified atom stereocenters.